The first kappa shape index (κ1) is 51.9. The smallest absolute Gasteiger partial charge is 0.0000473 e. The average Bonchev–Trinajstić information content (AvgIpc) is 2.67. The van der Waals surface area contributed by atoms with E-state index in [2.05, 4.69) is 112 Å². The molecule has 0 heterocycles. The second kappa shape index (κ2) is 23.3. The van der Waals surface area contributed by atoms with Gasteiger partial charge in [0.2, 0.25) is 0 Å². The normalized spacial score (nSPS) is 13.0. The minimum absolute atomic E-state index is 1.15. The lowest BCUT2D eigenvalue weighted by Crippen LogP contribution is -2.01. The lowest BCUT2D eigenvalue weighted by Gasteiger charge is -2.29. The second-order valence-corrected chi connectivity index (χ2v) is 25.4. The highest BCUT2D eigenvalue weighted by molar-refractivity contribution is 6.61. The summed E-state index contributed by atoms with van der Waals surface area (Å²) in [6, 6.07) is 38.4. The number of unbranched alkanes of at least 4 members (excludes halogenated alkanes) is 27. The maximum Gasteiger partial charge on any atom is -0.0000473 e. The van der Waals surface area contributed by atoms with E-state index < -0.39 is 0 Å². The Hall–Kier alpha value is -5.46. The lowest BCUT2D eigenvalue weighted by atomic mass is 9.73. The van der Waals surface area contributed by atoms with Crippen molar-refractivity contribution in [2.45, 2.75) is 233 Å². The zero-order valence-electron chi connectivity index (χ0n) is 48.5. The summed E-state index contributed by atoms with van der Waals surface area (Å²) in [5, 5.41) is 35.9. The summed E-state index contributed by atoms with van der Waals surface area (Å²) in [6.07, 6.45) is 44.7. The Labute approximate surface area is 467 Å². The van der Waals surface area contributed by atoms with Gasteiger partial charge in [0.05, 0.1) is 0 Å². The number of aryl methyl sites for hydroxylation is 3. The molecule has 13 rings (SSSR count). The number of benzene rings is 13. The topological polar surface area (TPSA) is 0 Å². The second-order valence-electron chi connectivity index (χ2n) is 25.4. The van der Waals surface area contributed by atoms with Crippen LogP contribution in [0.15, 0.2) is 91.0 Å². The van der Waals surface area contributed by atoms with E-state index in [-0.39, 0.29) is 0 Å². The molecule has 0 amide bonds. The third kappa shape index (κ3) is 9.20. The van der Waals surface area contributed by atoms with Gasteiger partial charge in [0.15, 0.2) is 0 Å². The van der Waals surface area contributed by atoms with Crippen LogP contribution in [0.5, 0.6) is 0 Å². The van der Waals surface area contributed by atoms with Gasteiger partial charge in [-0.1, -0.05) is 285 Å². The standard InChI is InChI=1S/C78H90/c1-4-7-10-13-16-19-22-25-28-31-37-52-46-61-55-40-34-42-57-63-48-53(38-32-29-26-23-20-17-14-11-8-5-2)50-65-59-44-36-45-60-66-51-54(39-33-30-27-24-21-18-15-12-9-6-3)49-64-58-43-35-41-56-62(47-52)70(61)76-73(67(55)57)77(71(63)65)75(69(59)60)78(72(64)66)74(76)68(56)58/h34-36,40-51H,4-33,37-39H2,1-3H3. The van der Waals surface area contributed by atoms with E-state index in [0.717, 1.165) is 19.3 Å². The van der Waals surface area contributed by atoms with Gasteiger partial charge < -0.3 is 0 Å². The third-order valence-corrected chi connectivity index (χ3v) is 20.0. The average molecular weight is 1030 g/mol. The number of hydrogen-bond donors (Lipinski definition) is 0. The molecule has 13 aromatic carbocycles. The number of fused-ring (bicyclic) bond motifs is 6. The zero-order valence-corrected chi connectivity index (χ0v) is 48.5. The molecule has 0 nitrogen and oxygen atoms in total. The van der Waals surface area contributed by atoms with Crippen molar-refractivity contribution < 1.29 is 0 Å². The SMILES string of the molecule is CCCCCCCCCCCCc1cc2c3cccc4c5cc(CCCCCCCCCCCC)cc6c7cccc8c9cc(CCCCCCCCCCCC)cc%10c%11cccc%12c(c1)c2c1c(c34)c(c56)c(c78)c(c%109)c1c%12%11. The molecule has 0 N–H and O–H groups in total. The molecule has 0 radical (unpaired) electrons. The summed E-state index contributed by atoms with van der Waals surface area (Å²) in [4.78, 5) is 0. The fraction of sp³-hybridized carbons (Fsp3) is 0.462. The molecule has 0 saturated carbocycles. The predicted molar refractivity (Wildman–Crippen MR) is 350 cm³/mol. The Morgan fingerprint density at radius 1 is 0.179 bits per heavy atom. The van der Waals surface area contributed by atoms with Gasteiger partial charge in [-0.05, 0) is 184 Å². The molecule has 0 heteroatoms. The Morgan fingerprint density at radius 3 is 0.538 bits per heavy atom. The molecule has 0 aliphatic carbocycles. The minimum atomic E-state index is 1.15. The highest BCUT2D eigenvalue weighted by Gasteiger charge is 2.32. The van der Waals surface area contributed by atoms with Crippen molar-refractivity contribution in [1.29, 1.82) is 0 Å². The summed E-state index contributed by atoms with van der Waals surface area (Å²) in [5.74, 6) is 0. The molecular formula is C78H90. The number of rotatable bonds is 33. The van der Waals surface area contributed by atoms with E-state index in [0.29, 0.717) is 0 Å². The van der Waals surface area contributed by atoms with Gasteiger partial charge in [0.25, 0.3) is 0 Å². The molecule has 0 aliphatic rings. The molecule has 402 valence electrons. The zero-order chi connectivity index (χ0) is 52.5. The molecule has 0 aromatic heterocycles. The van der Waals surface area contributed by atoms with Crippen molar-refractivity contribution in [1.82, 2.24) is 0 Å². The van der Waals surface area contributed by atoms with Crippen LogP contribution in [-0.4, -0.2) is 0 Å². The first-order chi connectivity index (χ1) is 38.7. The van der Waals surface area contributed by atoms with E-state index in [9.17, 15) is 0 Å². The molecule has 78 heavy (non-hydrogen) atoms. The summed E-state index contributed by atoms with van der Waals surface area (Å²) in [5.41, 5.74) is 4.58. The van der Waals surface area contributed by atoms with Crippen LogP contribution in [0.2, 0.25) is 0 Å². The van der Waals surface area contributed by atoms with Crippen LogP contribution < -0.4 is 0 Å². The summed E-state index contributed by atoms with van der Waals surface area (Å²) >= 11 is 0. The van der Waals surface area contributed by atoms with Gasteiger partial charge in [0, 0.05) is 0 Å². The van der Waals surface area contributed by atoms with Crippen molar-refractivity contribution in [2.75, 3.05) is 0 Å². The van der Waals surface area contributed by atoms with E-state index in [1.807, 2.05) is 0 Å². The lowest BCUT2D eigenvalue weighted by molar-refractivity contribution is 0.556. The van der Waals surface area contributed by atoms with Crippen LogP contribution in [0.1, 0.15) is 230 Å². The van der Waals surface area contributed by atoms with Crippen molar-refractivity contribution in [2.24, 2.45) is 0 Å². The summed E-state index contributed by atoms with van der Waals surface area (Å²) in [7, 11) is 0. The van der Waals surface area contributed by atoms with E-state index in [1.54, 1.807) is 16.2 Å². The molecule has 0 unspecified atom stereocenters. The minimum Gasteiger partial charge on any atom is -0.0654 e. The summed E-state index contributed by atoms with van der Waals surface area (Å²) in [6.45, 7) is 6.98. The molecule has 0 spiro atoms. The van der Waals surface area contributed by atoms with Crippen molar-refractivity contribution in [3.05, 3.63) is 108 Å². The Balaban J connectivity index is 0.974. The van der Waals surface area contributed by atoms with Gasteiger partial charge in [-0.2, -0.15) is 0 Å². The van der Waals surface area contributed by atoms with Crippen LogP contribution in [-0.2, 0) is 19.3 Å². The monoisotopic (exact) mass is 1030 g/mol. The first-order valence-corrected chi connectivity index (χ1v) is 32.9. The maximum atomic E-state index is 2.68. The molecule has 0 atom stereocenters. The molecule has 0 fully saturated rings. The fourth-order valence-corrected chi connectivity index (χ4v) is 16.1. The van der Waals surface area contributed by atoms with Crippen molar-refractivity contribution in [3.8, 4) is 0 Å². The Bertz CT molecular complexity index is 3440. The number of hydrogen-bond acceptors (Lipinski definition) is 0. The van der Waals surface area contributed by atoms with Crippen LogP contribution in [0.3, 0.4) is 0 Å². The van der Waals surface area contributed by atoms with Crippen LogP contribution in [0.25, 0.3) is 129 Å². The molecular weight excluding hydrogens is 937 g/mol. The van der Waals surface area contributed by atoms with Gasteiger partial charge >= 0.3 is 0 Å². The van der Waals surface area contributed by atoms with Crippen LogP contribution in [0.4, 0.5) is 0 Å². The molecule has 0 aliphatic heterocycles. The van der Waals surface area contributed by atoms with Gasteiger partial charge in [-0.25, -0.2) is 0 Å². The summed E-state index contributed by atoms with van der Waals surface area (Å²) < 4.78 is 0. The third-order valence-electron chi connectivity index (χ3n) is 20.0. The van der Waals surface area contributed by atoms with Crippen molar-refractivity contribution >= 4 is 129 Å². The fourth-order valence-electron chi connectivity index (χ4n) is 16.1. The largest absolute Gasteiger partial charge is 0.0654 e. The van der Waals surface area contributed by atoms with Gasteiger partial charge in [-0.3, -0.25) is 0 Å². The molecule has 0 saturated heterocycles. The van der Waals surface area contributed by atoms with Crippen LogP contribution >= 0.6 is 0 Å². The van der Waals surface area contributed by atoms with Gasteiger partial charge in [-0.15, -0.1) is 0 Å². The van der Waals surface area contributed by atoms with E-state index >= 15 is 0 Å². The van der Waals surface area contributed by atoms with Crippen LogP contribution in [0, 0.1) is 0 Å². The van der Waals surface area contributed by atoms with E-state index in [1.165, 1.54) is 322 Å². The quantitative estimate of drug-likeness (QED) is 0.0219. The van der Waals surface area contributed by atoms with E-state index in [4.69, 9.17) is 0 Å². The molecule has 13 aromatic rings. The van der Waals surface area contributed by atoms with Gasteiger partial charge in [0.1, 0.15) is 0 Å². The Morgan fingerprint density at radius 2 is 0.346 bits per heavy atom. The highest BCUT2D eigenvalue weighted by Crippen LogP contribution is 2.60. The van der Waals surface area contributed by atoms with Crippen molar-refractivity contribution in [3.63, 3.8) is 0 Å². The molecule has 0 bridgehead atoms. The first-order valence-electron chi connectivity index (χ1n) is 32.9. The predicted octanol–water partition coefficient (Wildman–Crippen LogP) is 25.5. The maximum absolute atomic E-state index is 2.68. The highest BCUT2D eigenvalue weighted by atomic mass is 14.3. The Kier molecular flexibility index (Phi) is 15.5.